The summed E-state index contributed by atoms with van der Waals surface area (Å²) in [4.78, 5) is 31.9. The van der Waals surface area contributed by atoms with Gasteiger partial charge in [-0.3, -0.25) is 0 Å². The number of aromatic amines is 1. The Labute approximate surface area is 148 Å². The molecule has 2 aromatic rings. The highest BCUT2D eigenvalue weighted by molar-refractivity contribution is 5.87. The minimum Gasteiger partial charge on any atom is -0.367 e. The first-order valence-electron chi connectivity index (χ1n) is 8.75. The van der Waals surface area contributed by atoms with Gasteiger partial charge in [-0.05, 0) is 39.2 Å². The Morgan fingerprint density at radius 2 is 2.16 bits per heavy atom. The van der Waals surface area contributed by atoms with Crippen molar-refractivity contribution in [2.75, 3.05) is 25.0 Å². The number of aromatic nitrogens is 3. The number of anilines is 1. The van der Waals surface area contributed by atoms with Crippen LogP contribution in [0.25, 0.3) is 11.0 Å². The van der Waals surface area contributed by atoms with Crippen molar-refractivity contribution >= 4 is 22.8 Å². The van der Waals surface area contributed by atoms with E-state index >= 15 is 0 Å². The largest absolute Gasteiger partial charge is 0.367 e. The van der Waals surface area contributed by atoms with Crippen molar-refractivity contribution in [2.45, 2.75) is 40.2 Å². The van der Waals surface area contributed by atoms with Crippen molar-refractivity contribution in [1.82, 2.24) is 20.0 Å². The van der Waals surface area contributed by atoms with Gasteiger partial charge in [0.1, 0.15) is 17.8 Å². The van der Waals surface area contributed by atoms with Gasteiger partial charge in [-0.2, -0.15) is 0 Å². The summed E-state index contributed by atoms with van der Waals surface area (Å²) in [5.74, 6) is 1.17. The molecule has 7 nitrogen and oxygen atoms in total. The molecule has 3 heterocycles. The second-order valence-electron chi connectivity index (χ2n) is 7.90. The number of hydrogen-bond donors (Lipinski definition) is 1. The summed E-state index contributed by atoms with van der Waals surface area (Å²) in [5.41, 5.74) is 0.324. The van der Waals surface area contributed by atoms with Crippen LogP contribution in [0, 0.1) is 11.3 Å². The van der Waals surface area contributed by atoms with Crippen LogP contribution in [-0.2, 0) is 9.63 Å². The average Bonchev–Trinajstić information content (AvgIpc) is 3.03. The molecular weight excluding hydrogens is 318 g/mol. The average molecular weight is 345 g/mol. The topological polar surface area (TPSA) is 74.3 Å². The quantitative estimate of drug-likeness (QED) is 0.922. The molecule has 0 saturated carbocycles. The minimum absolute atomic E-state index is 0.196. The predicted octanol–water partition coefficient (Wildman–Crippen LogP) is 2.61. The van der Waals surface area contributed by atoms with Gasteiger partial charge in [0, 0.05) is 25.8 Å². The molecule has 1 saturated heterocycles. The molecule has 1 aliphatic heterocycles. The molecule has 2 atom stereocenters. The SMILES string of the molecule is CC1CCN(OC(=O)C(C)(C)C)CC1N(C)c1ncnc2[nH]ccc12. The molecule has 0 bridgehead atoms. The van der Waals surface area contributed by atoms with E-state index in [1.807, 2.05) is 40.1 Å². The lowest BCUT2D eigenvalue weighted by molar-refractivity contribution is -0.207. The fourth-order valence-corrected chi connectivity index (χ4v) is 3.16. The first-order chi connectivity index (χ1) is 11.8. The zero-order chi connectivity index (χ0) is 18.2. The number of nitrogens with zero attached hydrogens (tertiary/aromatic N) is 4. The van der Waals surface area contributed by atoms with Gasteiger partial charge in [-0.1, -0.05) is 6.92 Å². The highest BCUT2D eigenvalue weighted by Crippen LogP contribution is 2.29. The smallest absolute Gasteiger partial charge is 0.330 e. The summed E-state index contributed by atoms with van der Waals surface area (Å²) < 4.78 is 0. The van der Waals surface area contributed by atoms with Gasteiger partial charge in [-0.25, -0.2) is 14.8 Å². The Morgan fingerprint density at radius 1 is 1.40 bits per heavy atom. The number of H-pyrrole nitrogens is 1. The third-order valence-corrected chi connectivity index (χ3v) is 4.87. The van der Waals surface area contributed by atoms with Crippen LogP contribution in [0.4, 0.5) is 5.82 Å². The lowest BCUT2D eigenvalue weighted by atomic mass is 9.93. The van der Waals surface area contributed by atoms with Gasteiger partial charge in [0.15, 0.2) is 0 Å². The molecule has 1 aliphatic rings. The molecule has 0 radical (unpaired) electrons. The minimum atomic E-state index is -0.506. The summed E-state index contributed by atoms with van der Waals surface area (Å²) in [6.45, 7) is 9.27. The van der Waals surface area contributed by atoms with E-state index in [0.29, 0.717) is 12.5 Å². The Morgan fingerprint density at radius 3 is 2.88 bits per heavy atom. The molecule has 25 heavy (non-hydrogen) atoms. The molecule has 7 heteroatoms. The van der Waals surface area contributed by atoms with E-state index in [9.17, 15) is 4.79 Å². The fourth-order valence-electron chi connectivity index (χ4n) is 3.16. The van der Waals surface area contributed by atoms with E-state index in [1.54, 1.807) is 11.4 Å². The Hall–Kier alpha value is -2.15. The summed E-state index contributed by atoms with van der Waals surface area (Å²) in [6, 6.07) is 2.20. The molecule has 136 valence electrons. The van der Waals surface area contributed by atoms with Crippen molar-refractivity contribution in [2.24, 2.45) is 11.3 Å². The van der Waals surface area contributed by atoms with Crippen LogP contribution in [0.3, 0.4) is 0 Å². The Bertz CT molecular complexity index is 751. The first kappa shape index (κ1) is 17.7. The first-order valence-corrected chi connectivity index (χ1v) is 8.75. The van der Waals surface area contributed by atoms with E-state index in [1.165, 1.54) is 0 Å². The number of fused-ring (bicyclic) bond motifs is 1. The standard InChI is InChI=1S/C18H27N5O2/c1-12-7-9-23(25-17(24)18(2,3)4)10-14(12)22(5)16-13-6-8-19-15(13)20-11-21-16/h6,8,11-12,14H,7,9-10H2,1-5H3,(H,19,20,21). The zero-order valence-corrected chi connectivity index (χ0v) is 15.6. The zero-order valence-electron chi connectivity index (χ0n) is 15.6. The molecule has 2 unspecified atom stereocenters. The molecule has 1 N–H and O–H groups in total. The van der Waals surface area contributed by atoms with Crippen molar-refractivity contribution in [3.05, 3.63) is 18.6 Å². The van der Waals surface area contributed by atoms with Crippen LogP contribution in [0.5, 0.6) is 0 Å². The van der Waals surface area contributed by atoms with Crippen LogP contribution < -0.4 is 4.90 Å². The second-order valence-corrected chi connectivity index (χ2v) is 7.90. The number of hydrogen-bond acceptors (Lipinski definition) is 6. The van der Waals surface area contributed by atoms with Crippen molar-refractivity contribution < 1.29 is 9.63 Å². The number of carbonyl (C=O) groups excluding carboxylic acids is 1. The van der Waals surface area contributed by atoms with E-state index in [4.69, 9.17) is 4.84 Å². The van der Waals surface area contributed by atoms with Crippen molar-refractivity contribution in [3.8, 4) is 0 Å². The second kappa shape index (κ2) is 6.63. The fraction of sp³-hybridized carbons (Fsp3) is 0.611. The highest BCUT2D eigenvalue weighted by Gasteiger charge is 2.34. The number of nitrogens with one attached hydrogen (secondary N) is 1. The number of likely N-dealkylation sites (N-methyl/N-ethyl adjacent to an activating group) is 1. The van der Waals surface area contributed by atoms with Gasteiger partial charge in [-0.15, -0.1) is 5.06 Å². The number of rotatable bonds is 3. The third-order valence-electron chi connectivity index (χ3n) is 4.87. The van der Waals surface area contributed by atoms with Crippen molar-refractivity contribution in [3.63, 3.8) is 0 Å². The van der Waals surface area contributed by atoms with Gasteiger partial charge < -0.3 is 14.7 Å². The Balaban J connectivity index is 1.78. The molecule has 2 aromatic heterocycles. The van der Waals surface area contributed by atoms with Crippen LogP contribution in [0.15, 0.2) is 18.6 Å². The van der Waals surface area contributed by atoms with Crippen LogP contribution in [0.1, 0.15) is 34.1 Å². The molecule has 0 spiro atoms. The van der Waals surface area contributed by atoms with Crippen LogP contribution in [-0.4, -0.2) is 52.2 Å². The summed E-state index contributed by atoms with van der Waals surface area (Å²) in [6.07, 6.45) is 4.42. The molecule has 0 aromatic carbocycles. The van der Waals surface area contributed by atoms with Crippen molar-refractivity contribution in [1.29, 1.82) is 0 Å². The maximum Gasteiger partial charge on any atom is 0.330 e. The van der Waals surface area contributed by atoms with E-state index in [-0.39, 0.29) is 12.0 Å². The lowest BCUT2D eigenvalue weighted by Gasteiger charge is -2.41. The normalized spacial score (nSPS) is 22.1. The lowest BCUT2D eigenvalue weighted by Crippen LogP contribution is -2.52. The molecule has 3 rings (SSSR count). The number of piperidine rings is 1. The Kier molecular flexibility index (Phi) is 4.69. The van der Waals surface area contributed by atoms with Gasteiger partial charge in [0.2, 0.25) is 0 Å². The monoisotopic (exact) mass is 345 g/mol. The van der Waals surface area contributed by atoms with E-state index < -0.39 is 5.41 Å². The maximum atomic E-state index is 12.2. The summed E-state index contributed by atoms with van der Waals surface area (Å²) in [7, 11) is 2.05. The number of carbonyl (C=O) groups is 1. The summed E-state index contributed by atoms with van der Waals surface area (Å²) in [5, 5.41) is 2.80. The summed E-state index contributed by atoms with van der Waals surface area (Å²) >= 11 is 0. The van der Waals surface area contributed by atoms with Gasteiger partial charge in [0.25, 0.3) is 0 Å². The van der Waals surface area contributed by atoms with E-state index in [0.717, 1.165) is 29.8 Å². The molecule has 0 amide bonds. The van der Waals surface area contributed by atoms with Gasteiger partial charge >= 0.3 is 5.97 Å². The third kappa shape index (κ3) is 3.61. The van der Waals surface area contributed by atoms with Crippen LogP contribution >= 0.6 is 0 Å². The predicted molar refractivity (Wildman–Crippen MR) is 97.0 cm³/mol. The highest BCUT2D eigenvalue weighted by atomic mass is 16.7. The maximum absolute atomic E-state index is 12.2. The van der Waals surface area contributed by atoms with E-state index in [2.05, 4.69) is 26.8 Å². The molecule has 0 aliphatic carbocycles. The number of hydroxylamine groups is 2. The van der Waals surface area contributed by atoms with Gasteiger partial charge in [0.05, 0.1) is 17.3 Å². The van der Waals surface area contributed by atoms with Crippen LogP contribution in [0.2, 0.25) is 0 Å². The molecular formula is C18H27N5O2. The molecule has 1 fully saturated rings.